The second-order valence-corrected chi connectivity index (χ2v) is 8.83. The lowest BCUT2D eigenvalue weighted by Gasteiger charge is -2.21. The van der Waals surface area contributed by atoms with Gasteiger partial charge < -0.3 is 14.8 Å². The van der Waals surface area contributed by atoms with Crippen molar-refractivity contribution >= 4 is 9.84 Å². The Bertz CT molecular complexity index is 880. The van der Waals surface area contributed by atoms with Crippen molar-refractivity contribution < 1.29 is 17.9 Å². The molecule has 26 heavy (non-hydrogen) atoms. The maximum atomic E-state index is 12.3. The third kappa shape index (κ3) is 3.57. The molecule has 0 amide bonds. The average Bonchev–Trinajstić information content (AvgIpc) is 3.06. The molecule has 2 aliphatic rings. The lowest BCUT2D eigenvalue weighted by atomic mass is 10.1. The van der Waals surface area contributed by atoms with Crippen LogP contribution in [-0.4, -0.2) is 33.9 Å². The van der Waals surface area contributed by atoms with E-state index in [9.17, 15) is 8.42 Å². The first-order valence-electron chi connectivity index (χ1n) is 9.07. The van der Waals surface area contributed by atoms with Gasteiger partial charge in [-0.05, 0) is 61.2 Å². The fourth-order valence-electron chi connectivity index (χ4n) is 3.64. The van der Waals surface area contributed by atoms with Gasteiger partial charge in [0.05, 0.1) is 10.6 Å². The number of fused-ring (bicyclic) bond motifs is 2. The number of sulfone groups is 1. The van der Waals surface area contributed by atoms with E-state index in [1.165, 1.54) is 11.1 Å². The molecule has 0 bridgehead atoms. The van der Waals surface area contributed by atoms with Gasteiger partial charge in [-0.1, -0.05) is 18.2 Å². The zero-order valence-corrected chi connectivity index (χ0v) is 15.4. The quantitative estimate of drug-likeness (QED) is 0.789. The number of benzene rings is 2. The molecule has 138 valence electrons. The van der Waals surface area contributed by atoms with E-state index in [-0.39, 0.29) is 11.8 Å². The molecule has 2 aromatic rings. The number of ether oxygens (including phenoxy) is 2. The van der Waals surface area contributed by atoms with Crippen LogP contribution in [0.1, 0.15) is 30.0 Å². The summed E-state index contributed by atoms with van der Waals surface area (Å²) in [6.45, 7) is 1.86. The zero-order chi connectivity index (χ0) is 18.0. The molecule has 1 atom stereocenters. The highest BCUT2D eigenvalue weighted by Gasteiger charge is 2.26. The van der Waals surface area contributed by atoms with Crippen LogP contribution in [0.4, 0.5) is 0 Å². The van der Waals surface area contributed by atoms with Crippen molar-refractivity contribution in [2.75, 3.05) is 25.5 Å². The largest absolute Gasteiger partial charge is 0.486 e. The Balaban J connectivity index is 1.34. The molecule has 5 nitrogen and oxygen atoms in total. The fraction of sp³-hybridized carbons (Fsp3) is 0.400. The highest BCUT2D eigenvalue weighted by atomic mass is 32.2. The van der Waals surface area contributed by atoms with Gasteiger partial charge in [0.2, 0.25) is 0 Å². The maximum absolute atomic E-state index is 12.3. The molecule has 1 aliphatic heterocycles. The van der Waals surface area contributed by atoms with Crippen LogP contribution in [0.15, 0.2) is 47.4 Å². The minimum atomic E-state index is -3.21. The Morgan fingerprint density at radius 1 is 1.04 bits per heavy atom. The van der Waals surface area contributed by atoms with Gasteiger partial charge in [0.15, 0.2) is 21.3 Å². The van der Waals surface area contributed by atoms with Gasteiger partial charge in [-0.15, -0.1) is 0 Å². The molecule has 1 heterocycles. The highest BCUT2D eigenvalue weighted by Crippen LogP contribution is 2.40. The highest BCUT2D eigenvalue weighted by molar-refractivity contribution is 7.91. The topological polar surface area (TPSA) is 64.6 Å². The fourth-order valence-corrected chi connectivity index (χ4v) is 4.97. The molecule has 0 saturated carbocycles. The zero-order valence-electron chi connectivity index (χ0n) is 14.6. The molecule has 0 unspecified atom stereocenters. The third-order valence-electron chi connectivity index (χ3n) is 4.96. The van der Waals surface area contributed by atoms with Crippen LogP contribution in [0.25, 0.3) is 0 Å². The second-order valence-electron chi connectivity index (χ2n) is 6.73. The van der Waals surface area contributed by atoms with E-state index in [2.05, 4.69) is 17.4 Å². The molecule has 4 rings (SSSR count). The lowest BCUT2D eigenvalue weighted by Crippen LogP contribution is -2.23. The molecule has 0 fully saturated rings. The number of aryl methyl sites for hydroxylation is 1. The van der Waals surface area contributed by atoms with Crippen LogP contribution in [0, 0.1) is 0 Å². The summed E-state index contributed by atoms with van der Waals surface area (Å²) in [7, 11) is -3.21. The van der Waals surface area contributed by atoms with Gasteiger partial charge in [-0.2, -0.15) is 0 Å². The van der Waals surface area contributed by atoms with Crippen LogP contribution >= 0.6 is 0 Å². The minimum Gasteiger partial charge on any atom is -0.486 e. The van der Waals surface area contributed by atoms with Crippen molar-refractivity contribution in [3.05, 3.63) is 53.6 Å². The van der Waals surface area contributed by atoms with E-state index < -0.39 is 9.84 Å². The first-order valence-corrected chi connectivity index (χ1v) is 10.7. The molecule has 0 aromatic heterocycles. The summed E-state index contributed by atoms with van der Waals surface area (Å²) in [5, 5.41) is 3.51. The van der Waals surface area contributed by atoms with Gasteiger partial charge in [-0.3, -0.25) is 0 Å². The third-order valence-corrected chi connectivity index (χ3v) is 6.78. The number of rotatable bonds is 6. The summed E-state index contributed by atoms with van der Waals surface area (Å²) < 4.78 is 36.0. The van der Waals surface area contributed by atoms with Gasteiger partial charge in [0.1, 0.15) is 13.2 Å². The number of hydrogen-bond acceptors (Lipinski definition) is 5. The number of nitrogens with one attached hydrogen (secondary N) is 1. The molecular formula is C20H23NO4S. The summed E-state index contributed by atoms with van der Waals surface area (Å²) in [4.78, 5) is 0.398. The first kappa shape index (κ1) is 17.4. The van der Waals surface area contributed by atoms with Crippen molar-refractivity contribution in [2.24, 2.45) is 0 Å². The molecule has 0 saturated heterocycles. The molecular weight excluding hydrogens is 350 g/mol. The molecule has 1 aliphatic carbocycles. The predicted octanol–water partition coefficient (Wildman–Crippen LogP) is 2.90. The van der Waals surface area contributed by atoms with E-state index in [0.29, 0.717) is 31.1 Å². The lowest BCUT2D eigenvalue weighted by molar-refractivity contribution is 0.171. The summed E-state index contributed by atoms with van der Waals surface area (Å²) in [5.74, 6) is 1.81. The molecule has 0 radical (unpaired) electrons. The minimum absolute atomic E-state index is 0.157. The van der Waals surface area contributed by atoms with Crippen molar-refractivity contribution in [3.63, 3.8) is 0 Å². The van der Waals surface area contributed by atoms with E-state index in [0.717, 1.165) is 24.3 Å². The Hall–Kier alpha value is -2.05. The van der Waals surface area contributed by atoms with Gasteiger partial charge >= 0.3 is 0 Å². The van der Waals surface area contributed by atoms with Gasteiger partial charge in [-0.25, -0.2) is 8.42 Å². The first-order chi connectivity index (χ1) is 12.6. The Kier molecular flexibility index (Phi) is 4.87. The monoisotopic (exact) mass is 373 g/mol. The van der Waals surface area contributed by atoms with Crippen molar-refractivity contribution in [1.29, 1.82) is 0 Å². The number of hydrogen-bond donors (Lipinski definition) is 1. The standard InChI is InChI=1S/C20H23NO4S/c22-26(23,16-5-2-1-3-6-16)12-4-9-21-18-8-7-15-13-19-20(14-17(15)18)25-11-10-24-19/h1-3,5-6,13-14,18,21H,4,7-12H2/t18-/m0/s1. The normalized spacial score (nSPS) is 18.5. The van der Waals surface area contributed by atoms with Crippen LogP contribution in [-0.2, 0) is 16.3 Å². The molecule has 2 aromatic carbocycles. The van der Waals surface area contributed by atoms with E-state index in [4.69, 9.17) is 9.47 Å². The predicted molar refractivity (Wildman–Crippen MR) is 99.6 cm³/mol. The van der Waals surface area contributed by atoms with Crippen LogP contribution in [0.3, 0.4) is 0 Å². The van der Waals surface area contributed by atoms with Gasteiger partial charge in [0, 0.05) is 6.04 Å². The summed E-state index contributed by atoms with van der Waals surface area (Å²) in [6, 6.07) is 13.1. The van der Waals surface area contributed by atoms with E-state index in [1.54, 1.807) is 24.3 Å². The summed E-state index contributed by atoms with van der Waals surface area (Å²) in [6.07, 6.45) is 2.61. The van der Waals surface area contributed by atoms with Crippen LogP contribution in [0.2, 0.25) is 0 Å². The molecule has 0 spiro atoms. The SMILES string of the molecule is O=S(=O)(CCCN[C@H]1CCc2cc3c(cc21)OCCO3)c1ccccc1. The van der Waals surface area contributed by atoms with E-state index in [1.807, 2.05) is 6.07 Å². The second kappa shape index (κ2) is 7.29. The van der Waals surface area contributed by atoms with Crippen molar-refractivity contribution in [1.82, 2.24) is 5.32 Å². The van der Waals surface area contributed by atoms with Crippen LogP contribution < -0.4 is 14.8 Å². The Morgan fingerprint density at radius 3 is 2.54 bits per heavy atom. The van der Waals surface area contributed by atoms with Crippen molar-refractivity contribution in [2.45, 2.75) is 30.2 Å². The van der Waals surface area contributed by atoms with Crippen molar-refractivity contribution in [3.8, 4) is 11.5 Å². The van der Waals surface area contributed by atoms with Crippen LogP contribution in [0.5, 0.6) is 11.5 Å². The van der Waals surface area contributed by atoms with Gasteiger partial charge in [0.25, 0.3) is 0 Å². The molecule has 1 N–H and O–H groups in total. The van der Waals surface area contributed by atoms with E-state index >= 15 is 0 Å². The average molecular weight is 373 g/mol. The maximum Gasteiger partial charge on any atom is 0.178 e. The summed E-state index contributed by atoms with van der Waals surface area (Å²) >= 11 is 0. The smallest absolute Gasteiger partial charge is 0.178 e. The Labute approximate surface area is 154 Å². The Morgan fingerprint density at radius 2 is 1.77 bits per heavy atom. The summed E-state index contributed by atoms with van der Waals surface area (Å²) in [5.41, 5.74) is 2.55. The molecule has 6 heteroatoms.